The lowest BCUT2D eigenvalue weighted by molar-refractivity contribution is -0.146. The van der Waals surface area contributed by atoms with Gasteiger partial charge in [-0.1, -0.05) is 63.2 Å². The molecule has 0 radical (unpaired) electrons. The van der Waals surface area contributed by atoms with Crippen LogP contribution < -0.4 is 15.4 Å². The van der Waals surface area contributed by atoms with Crippen LogP contribution in [0.3, 0.4) is 0 Å². The molecule has 11 nitrogen and oxygen atoms in total. The summed E-state index contributed by atoms with van der Waals surface area (Å²) in [5, 5.41) is 16.3. The van der Waals surface area contributed by atoms with E-state index >= 15 is 0 Å². The van der Waals surface area contributed by atoms with E-state index in [-0.39, 0.29) is 26.0 Å². The summed E-state index contributed by atoms with van der Waals surface area (Å²) in [6, 6.07) is 15.7. The first-order chi connectivity index (χ1) is 23.4. The Hall–Kier alpha value is -4.93. The maximum Gasteiger partial charge on any atom is 0.407 e. The summed E-state index contributed by atoms with van der Waals surface area (Å²) < 4.78 is 12.2. The number of aryl methyl sites for hydroxylation is 1. The predicted octanol–water partition coefficient (Wildman–Crippen LogP) is 5.26. The number of carboxylic acids is 1. The molecule has 3 amide bonds. The zero-order valence-electron chi connectivity index (χ0n) is 28.2. The first-order valence-corrected chi connectivity index (χ1v) is 17.0. The van der Waals surface area contributed by atoms with E-state index in [9.17, 15) is 24.3 Å². The van der Waals surface area contributed by atoms with Gasteiger partial charge in [0.2, 0.25) is 11.8 Å². The summed E-state index contributed by atoms with van der Waals surface area (Å²) in [5.74, 6) is -2.09. The Morgan fingerprint density at radius 2 is 1.88 bits per heavy atom. The molecule has 11 heteroatoms. The molecule has 1 aromatic heterocycles. The number of fused-ring (bicyclic) bond motifs is 3. The maximum absolute atomic E-state index is 14.4. The van der Waals surface area contributed by atoms with Gasteiger partial charge in [-0.3, -0.25) is 9.59 Å². The zero-order chi connectivity index (χ0) is 34.9. The van der Waals surface area contributed by atoms with Crippen molar-refractivity contribution in [3.05, 3.63) is 72.8 Å². The number of nitrogens with one attached hydrogen (secondary N) is 2. The first-order valence-electron chi connectivity index (χ1n) is 17.0. The van der Waals surface area contributed by atoms with Gasteiger partial charge < -0.3 is 30.1 Å². The third kappa shape index (κ3) is 7.11. The smallest absolute Gasteiger partial charge is 0.407 e. The highest BCUT2D eigenvalue weighted by molar-refractivity contribution is 5.96. The van der Waals surface area contributed by atoms with E-state index in [4.69, 9.17) is 14.5 Å². The third-order valence-electron chi connectivity index (χ3n) is 9.79. The highest BCUT2D eigenvalue weighted by Crippen LogP contribution is 2.45. The van der Waals surface area contributed by atoms with E-state index in [2.05, 4.69) is 29.3 Å². The molecule has 2 aliphatic heterocycles. The van der Waals surface area contributed by atoms with Crippen molar-refractivity contribution in [2.45, 2.75) is 83.0 Å². The number of pyridine rings is 1. The van der Waals surface area contributed by atoms with Crippen LogP contribution in [0.4, 0.5) is 4.79 Å². The van der Waals surface area contributed by atoms with E-state index in [1.54, 1.807) is 0 Å². The summed E-state index contributed by atoms with van der Waals surface area (Å²) in [7, 11) is 0. The largest absolute Gasteiger partial charge is 0.488 e. The number of amides is 3. The Labute approximate surface area is 286 Å². The van der Waals surface area contributed by atoms with Gasteiger partial charge in [0, 0.05) is 29.4 Å². The quantitative estimate of drug-likeness (QED) is 0.312. The minimum atomic E-state index is -1.48. The molecule has 2 fully saturated rings. The van der Waals surface area contributed by atoms with Crippen LogP contribution >= 0.6 is 0 Å². The van der Waals surface area contributed by atoms with Crippen LogP contribution in [0.25, 0.3) is 22.2 Å². The van der Waals surface area contributed by atoms with Gasteiger partial charge in [-0.15, -0.1) is 6.58 Å². The number of hydrogen-bond donors (Lipinski definition) is 3. The summed E-state index contributed by atoms with van der Waals surface area (Å²) in [6.07, 6.45) is 3.73. The van der Waals surface area contributed by atoms with E-state index < -0.39 is 58.9 Å². The molecule has 0 spiro atoms. The van der Waals surface area contributed by atoms with Crippen LogP contribution in [0.1, 0.15) is 58.4 Å². The number of alkyl carbamates (subject to hydrolysis) is 1. The number of nitrogens with zero attached hydrogens (tertiary/aromatic N) is 2. The molecule has 1 aliphatic carbocycles. The number of carboxylic acid groups (broad SMARTS) is 1. The van der Waals surface area contributed by atoms with E-state index in [0.29, 0.717) is 12.2 Å². The van der Waals surface area contributed by atoms with Crippen molar-refractivity contribution < 1.29 is 33.8 Å². The Bertz CT molecular complexity index is 1770. The Kier molecular flexibility index (Phi) is 9.37. The molecule has 5 atom stereocenters. The molecule has 3 heterocycles. The molecule has 3 aromatic rings. The van der Waals surface area contributed by atoms with Gasteiger partial charge in [0.25, 0.3) is 0 Å². The molecule has 2 aromatic carbocycles. The van der Waals surface area contributed by atoms with Gasteiger partial charge in [0.1, 0.15) is 29.5 Å². The molecule has 4 bridgehead atoms. The lowest BCUT2D eigenvalue weighted by atomic mass is 9.85. The number of ether oxygens (including phenoxy) is 2. The minimum absolute atomic E-state index is 0.0371. The van der Waals surface area contributed by atoms with Gasteiger partial charge in [-0.05, 0) is 55.2 Å². The van der Waals surface area contributed by atoms with Crippen molar-refractivity contribution in [2.24, 2.45) is 11.3 Å². The highest BCUT2D eigenvalue weighted by Gasteiger charge is 2.61. The molecular formula is C38H44N4O7. The van der Waals surface area contributed by atoms with Gasteiger partial charge in [0.05, 0.1) is 24.4 Å². The fourth-order valence-corrected chi connectivity index (χ4v) is 6.87. The first kappa shape index (κ1) is 34.0. The Balaban J connectivity index is 1.40. The highest BCUT2D eigenvalue weighted by atomic mass is 16.5. The topological polar surface area (TPSA) is 147 Å². The van der Waals surface area contributed by atoms with Crippen molar-refractivity contribution in [1.29, 1.82) is 0 Å². The number of rotatable bonds is 5. The van der Waals surface area contributed by atoms with E-state index in [1.807, 2.05) is 63.2 Å². The fraction of sp³-hybridized carbons (Fsp3) is 0.447. The fourth-order valence-electron chi connectivity index (χ4n) is 6.87. The molecule has 1 saturated carbocycles. The predicted molar refractivity (Wildman–Crippen MR) is 184 cm³/mol. The summed E-state index contributed by atoms with van der Waals surface area (Å²) >= 11 is 0. The van der Waals surface area contributed by atoms with Gasteiger partial charge in [0.15, 0.2) is 0 Å². The molecule has 1 saturated heterocycles. The van der Waals surface area contributed by atoms with Crippen LogP contribution in [0.2, 0.25) is 0 Å². The lowest BCUT2D eigenvalue weighted by Gasteiger charge is -2.35. The Morgan fingerprint density at radius 1 is 1.10 bits per heavy atom. The SMILES string of the molecule is C=C[C@H]1C[C@]1(NC(=O)[C@@H]1C[C@@H]2CN1C(=O)[C@H](C(C)(C)C)NC(=O)OCCCCCc1ccc3nc(-c4ccccc4)cc(c3c1)O2)C(=O)O. The van der Waals surface area contributed by atoms with Gasteiger partial charge >= 0.3 is 12.1 Å². The number of carbonyl (C=O) groups excluding carboxylic acids is 3. The maximum atomic E-state index is 14.4. The number of aliphatic carboxylic acids is 1. The van der Waals surface area contributed by atoms with E-state index in [1.165, 1.54) is 11.0 Å². The van der Waals surface area contributed by atoms with Crippen LogP contribution in [0, 0.1) is 11.3 Å². The van der Waals surface area contributed by atoms with Crippen molar-refractivity contribution in [2.75, 3.05) is 13.2 Å². The average Bonchev–Trinajstić information content (AvgIpc) is 3.63. The van der Waals surface area contributed by atoms with Crippen molar-refractivity contribution in [3.63, 3.8) is 0 Å². The van der Waals surface area contributed by atoms with Crippen LogP contribution in [-0.4, -0.2) is 75.7 Å². The zero-order valence-corrected chi connectivity index (χ0v) is 28.2. The standard InChI is InChI=1S/C38H44N4O7/c1-5-25-21-38(25,35(45)46)41-33(43)30-19-26-22-42(30)34(44)32(37(2,3)4)40-36(47)48-17-11-7-8-12-23-15-16-28-27(18-23)31(49-26)20-29(39-28)24-13-9-6-10-14-24/h5-6,9-10,13-16,18,20,25-26,30,32H,1,7-8,11-12,17,19,21-22H2,2-4H3,(H,40,47)(H,41,43)(H,45,46)/t25-,26+,30-,32+,38+/m0/s1. The molecule has 3 aliphatic rings. The molecule has 258 valence electrons. The molecular weight excluding hydrogens is 624 g/mol. The van der Waals surface area contributed by atoms with Crippen LogP contribution in [-0.2, 0) is 25.5 Å². The second kappa shape index (κ2) is 13.5. The van der Waals surface area contributed by atoms with Gasteiger partial charge in [-0.25, -0.2) is 14.6 Å². The molecule has 3 N–H and O–H groups in total. The monoisotopic (exact) mass is 668 g/mol. The van der Waals surface area contributed by atoms with Crippen molar-refractivity contribution >= 4 is 34.8 Å². The number of benzene rings is 2. The average molecular weight is 669 g/mol. The van der Waals surface area contributed by atoms with Gasteiger partial charge in [-0.2, -0.15) is 0 Å². The van der Waals surface area contributed by atoms with Crippen molar-refractivity contribution in [3.8, 4) is 17.0 Å². The molecule has 0 unspecified atom stereocenters. The Morgan fingerprint density at radius 3 is 2.57 bits per heavy atom. The third-order valence-corrected chi connectivity index (χ3v) is 9.79. The second-order valence-corrected chi connectivity index (χ2v) is 14.4. The van der Waals surface area contributed by atoms with E-state index in [0.717, 1.165) is 47.0 Å². The number of cyclic esters (lactones) is 1. The summed E-state index contributed by atoms with van der Waals surface area (Å²) in [6.45, 7) is 9.44. The lowest BCUT2D eigenvalue weighted by Crippen LogP contribution is -2.59. The summed E-state index contributed by atoms with van der Waals surface area (Å²) in [5.41, 5.74) is 1.28. The summed E-state index contributed by atoms with van der Waals surface area (Å²) in [4.78, 5) is 59.9. The second-order valence-electron chi connectivity index (χ2n) is 14.4. The molecule has 49 heavy (non-hydrogen) atoms. The van der Waals surface area contributed by atoms with Crippen LogP contribution in [0.5, 0.6) is 5.75 Å². The number of hydrogen-bond acceptors (Lipinski definition) is 7. The molecule has 6 rings (SSSR count). The number of aromatic nitrogens is 1. The normalized spacial score (nSPS) is 26.1. The van der Waals surface area contributed by atoms with Crippen LogP contribution in [0.15, 0.2) is 67.3 Å². The number of carbonyl (C=O) groups is 4. The van der Waals surface area contributed by atoms with Crippen molar-refractivity contribution in [1.82, 2.24) is 20.5 Å². The minimum Gasteiger partial charge on any atom is -0.488 e.